The maximum absolute atomic E-state index is 12.0. The fourth-order valence-electron chi connectivity index (χ4n) is 2.28. The van der Waals surface area contributed by atoms with Gasteiger partial charge < -0.3 is 15.5 Å². The lowest BCUT2D eigenvalue weighted by atomic mass is 9.75. The summed E-state index contributed by atoms with van der Waals surface area (Å²) in [5, 5.41) is 5.83. The Bertz CT molecular complexity index is 439. The molecule has 0 atom stereocenters. The van der Waals surface area contributed by atoms with E-state index < -0.39 is 0 Å². The number of carbonyl (C=O) groups excluding carboxylic acids is 1. The lowest BCUT2D eigenvalue weighted by Gasteiger charge is -2.47. The minimum atomic E-state index is -0.164. The highest BCUT2D eigenvalue weighted by atomic mass is 16.1. The van der Waals surface area contributed by atoms with Gasteiger partial charge in [-0.2, -0.15) is 0 Å². The summed E-state index contributed by atoms with van der Waals surface area (Å²) in [4.78, 5) is 22.4. The molecule has 0 bridgehead atoms. The molecule has 0 unspecified atom stereocenters. The highest BCUT2D eigenvalue weighted by molar-refractivity contribution is 5.92. The first-order valence-corrected chi connectivity index (χ1v) is 6.53. The Balaban J connectivity index is 1.93. The summed E-state index contributed by atoms with van der Waals surface area (Å²) in [6.07, 6.45) is 6.53. The van der Waals surface area contributed by atoms with Crippen molar-refractivity contribution in [3.05, 3.63) is 18.1 Å². The number of hydrogen-bond donors (Lipinski definition) is 2. The molecule has 1 aromatic heterocycles. The van der Waals surface area contributed by atoms with Crippen molar-refractivity contribution in [3.8, 4) is 0 Å². The van der Waals surface area contributed by atoms with Gasteiger partial charge in [0, 0.05) is 19.1 Å². The van der Waals surface area contributed by atoms with Crippen molar-refractivity contribution in [1.29, 1.82) is 0 Å². The van der Waals surface area contributed by atoms with Crippen LogP contribution in [0.1, 0.15) is 29.8 Å². The van der Waals surface area contributed by atoms with E-state index in [0.717, 1.165) is 12.8 Å². The third kappa shape index (κ3) is 2.84. The van der Waals surface area contributed by atoms with Gasteiger partial charge in [0.2, 0.25) is 0 Å². The summed E-state index contributed by atoms with van der Waals surface area (Å²) in [5.41, 5.74) is 0.473. The van der Waals surface area contributed by atoms with Crippen molar-refractivity contribution in [3.63, 3.8) is 0 Å². The topological polar surface area (TPSA) is 70.2 Å². The van der Waals surface area contributed by atoms with Gasteiger partial charge >= 0.3 is 0 Å². The Hall–Kier alpha value is -1.69. The van der Waals surface area contributed by atoms with Crippen molar-refractivity contribution in [1.82, 2.24) is 20.2 Å². The molecular formula is C13H21N5O. The molecule has 1 saturated carbocycles. The molecule has 1 fully saturated rings. The zero-order valence-electron chi connectivity index (χ0n) is 11.7. The van der Waals surface area contributed by atoms with Crippen LogP contribution < -0.4 is 10.6 Å². The molecule has 2 rings (SSSR count). The smallest absolute Gasteiger partial charge is 0.271 e. The van der Waals surface area contributed by atoms with Gasteiger partial charge in [0.25, 0.3) is 5.91 Å². The lowest BCUT2D eigenvalue weighted by Crippen LogP contribution is -2.57. The predicted octanol–water partition coefficient (Wildman–Crippen LogP) is 0.732. The van der Waals surface area contributed by atoms with Crippen molar-refractivity contribution >= 4 is 11.7 Å². The van der Waals surface area contributed by atoms with Crippen LogP contribution in [0.2, 0.25) is 0 Å². The van der Waals surface area contributed by atoms with Gasteiger partial charge in [-0.3, -0.25) is 4.79 Å². The average Bonchev–Trinajstić information content (AvgIpc) is 2.37. The van der Waals surface area contributed by atoms with Crippen molar-refractivity contribution in [2.75, 3.05) is 33.0 Å². The molecule has 104 valence electrons. The number of amides is 1. The quantitative estimate of drug-likeness (QED) is 0.819. The number of aromatic nitrogens is 2. The summed E-state index contributed by atoms with van der Waals surface area (Å²) >= 11 is 0. The molecule has 1 aromatic rings. The molecule has 0 spiro atoms. The fraction of sp³-hybridized carbons (Fsp3) is 0.615. The van der Waals surface area contributed by atoms with E-state index in [1.807, 2.05) is 0 Å². The molecule has 1 amide bonds. The summed E-state index contributed by atoms with van der Waals surface area (Å²) < 4.78 is 0. The predicted molar refractivity (Wildman–Crippen MR) is 74.2 cm³/mol. The standard InChI is InChI=1S/C13H21N5O/c1-14-11-8-15-10(7-16-11)12(19)17-9-13(18(2)3)5-4-6-13/h7-8H,4-6,9H2,1-3H3,(H,14,16)(H,17,19). The number of hydrogen-bond acceptors (Lipinski definition) is 5. The maximum atomic E-state index is 12.0. The van der Waals surface area contributed by atoms with Crippen LogP contribution in [0, 0.1) is 0 Å². The molecular weight excluding hydrogens is 242 g/mol. The minimum Gasteiger partial charge on any atom is -0.372 e. The van der Waals surface area contributed by atoms with Crippen LogP contribution in [0.15, 0.2) is 12.4 Å². The zero-order valence-corrected chi connectivity index (χ0v) is 11.7. The second-order valence-corrected chi connectivity index (χ2v) is 5.19. The van der Waals surface area contributed by atoms with Crippen LogP contribution in [0.5, 0.6) is 0 Å². The molecule has 1 heterocycles. The van der Waals surface area contributed by atoms with E-state index in [0.29, 0.717) is 18.1 Å². The van der Waals surface area contributed by atoms with E-state index in [1.54, 1.807) is 13.2 Å². The molecule has 1 aliphatic rings. The van der Waals surface area contributed by atoms with E-state index in [2.05, 4.69) is 39.6 Å². The molecule has 6 heteroatoms. The molecule has 1 aliphatic carbocycles. The average molecular weight is 263 g/mol. The Kier molecular flexibility index (Phi) is 3.99. The molecule has 2 N–H and O–H groups in total. The third-order valence-electron chi connectivity index (χ3n) is 3.95. The van der Waals surface area contributed by atoms with Crippen LogP contribution in [0.4, 0.5) is 5.82 Å². The number of rotatable bonds is 5. The second kappa shape index (κ2) is 5.52. The van der Waals surface area contributed by atoms with E-state index in [9.17, 15) is 4.79 Å². The normalized spacial score (nSPS) is 16.8. The first-order valence-electron chi connectivity index (χ1n) is 6.53. The summed E-state index contributed by atoms with van der Waals surface area (Å²) in [7, 11) is 5.89. The first-order chi connectivity index (χ1) is 9.07. The Morgan fingerprint density at radius 1 is 1.37 bits per heavy atom. The summed E-state index contributed by atoms with van der Waals surface area (Å²) in [6, 6.07) is 0. The maximum Gasteiger partial charge on any atom is 0.271 e. The van der Waals surface area contributed by atoms with Gasteiger partial charge in [0.1, 0.15) is 11.5 Å². The number of likely N-dealkylation sites (N-methyl/N-ethyl adjacent to an activating group) is 1. The second-order valence-electron chi connectivity index (χ2n) is 5.19. The first kappa shape index (κ1) is 13.7. The van der Waals surface area contributed by atoms with Gasteiger partial charge in [-0.25, -0.2) is 9.97 Å². The Morgan fingerprint density at radius 3 is 2.53 bits per heavy atom. The number of carbonyl (C=O) groups is 1. The molecule has 6 nitrogen and oxygen atoms in total. The molecule has 0 aliphatic heterocycles. The van der Waals surface area contributed by atoms with Crippen molar-refractivity contribution in [2.24, 2.45) is 0 Å². The van der Waals surface area contributed by atoms with Crippen LogP contribution in [0.25, 0.3) is 0 Å². The summed E-state index contributed by atoms with van der Waals surface area (Å²) in [5.74, 6) is 0.489. The van der Waals surface area contributed by atoms with E-state index in [1.165, 1.54) is 12.6 Å². The van der Waals surface area contributed by atoms with E-state index in [-0.39, 0.29) is 11.4 Å². The zero-order chi connectivity index (χ0) is 13.9. The number of nitrogens with zero attached hydrogens (tertiary/aromatic N) is 3. The van der Waals surface area contributed by atoms with Gasteiger partial charge in [-0.15, -0.1) is 0 Å². The Labute approximate surface area is 113 Å². The van der Waals surface area contributed by atoms with Crippen LogP contribution in [0.3, 0.4) is 0 Å². The molecule has 0 aromatic carbocycles. The van der Waals surface area contributed by atoms with Gasteiger partial charge in [0.15, 0.2) is 0 Å². The van der Waals surface area contributed by atoms with Crippen LogP contribution >= 0.6 is 0 Å². The van der Waals surface area contributed by atoms with Crippen LogP contribution in [-0.2, 0) is 0 Å². The Morgan fingerprint density at radius 2 is 2.11 bits per heavy atom. The van der Waals surface area contributed by atoms with Gasteiger partial charge in [-0.1, -0.05) is 0 Å². The molecule has 0 saturated heterocycles. The van der Waals surface area contributed by atoms with Crippen LogP contribution in [-0.4, -0.2) is 54.0 Å². The van der Waals surface area contributed by atoms with Crippen molar-refractivity contribution < 1.29 is 4.79 Å². The summed E-state index contributed by atoms with van der Waals surface area (Å²) in [6.45, 7) is 0.661. The number of anilines is 1. The van der Waals surface area contributed by atoms with Gasteiger partial charge in [0.05, 0.1) is 12.4 Å². The van der Waals surface area contributed by atoms with Gasteiger partial charge in [-0.05, 0) is 33.4 Å². The monoisotopic (exact) mass is 263 g/mol. The number of nitrogens with one attached hydrogen (secondary N) is 2. The lowest BCUT2D eigenvalue weighted by molar-refractivity contribution is 0.0556. The van der Waals surface area contributed by atoms with E-state index in [4.69, 9.17) is 0 Å². The largest absolute Gasteiger partial charge is 0.372 e. The molecule has 0 radical (unpaired) electrons. The molecule has 19 heavy (non-hydrogen) atoms. The fourth-order valence-corrected chi connectivity index (χ4v) is 2.28. The van der Waals surface area contributed by atoms with Crippen molar-refractivity contribution in [2.45, 2.75) is 24.8 Å². The third-order valence-corrected chi connectivity index (χ3v) is 3.95. The minimum absolute atomic E-state index is 0.119. The highest BCUT2D eigenvalue weighted by Crippen LogP contribution is 2.35. The highest BCUT2D eigenvalue weighted by Gasteiger charge is 2.39. The SMILES string of the molecule is CNc1cnc(C(=O)NCC2(N(C)C)CCC2)cn1. The van der Waals surface area contributed by atoms with E-state index >= 15 is 0 Å².